The highest BCUT2D eigenvalue weighted by Crippen LogP contribution is 2.11. The Morgan fingerprint density at radius 3 is 2.38 bits per heavy atom. The zero-order chi connectivity index (χ0) is 10.3. The minimum atomic E-state index is 0.130. The molecule has 0 heterocycles. The average Bonchev–Trinajstić information content (AvgIpc) is 2.15. The van der Waals surface area contributed by atoms with E-state index in [-0.39, 0.29) is 6.10 Å². The van der Waals surface area contributed by atoms with Crippen LogP contribution in [0.25, 0.3) is 0 Å². The first-order chi connectivity index (χ1) is 6.15. The molecule has 0 aromatic rings. The summed E-state index contributed by atoms with van der Waals surface area (Å²) in [5.74, 6) is 0.906. The summed E-state index contributed by atoms with van der Waals surface area (Å²) in [5.41, 5.74) is 1.17. The van der Waals surface area contributed by atoms with Crippen LogP contribution in [-0.2, 0) is 9.47 Å². The fourth-order valence-electron chi connectivity index (χ4n) is 1.01. The van der Waals surface area contributed by atoms with Crippen LogP contribution >= 0.6 is 0 Å². The molecule has 2 heteroatoms. The molecule has 0 aliphatic rings. The third-order valence-electron chi connectivity index (χ3n) is 1.95. The molecule has 0 radical (unpaired) electrons. The minimum absolute atomic E-state index is 0.130. The van der Waals surface area contributed by atoms with Gasteiger partial charge in [-0.3, -0.25) is 0 Å². The van der Waals surface area contributed by atoms with E-state index in [0.29, 0.717) is 0 Å². The Morgan fingerprint density at radius 1 is 1.38 bits per heavy atom. The van der Waals surface area contributed by atoms with Gasteiger partial charge in [-0.25, -0.2) is 0 Å². The van der Waals surface area contributed by atoms with Crippen LogP contribution in [0, 0.1) is 0 Å². The van der Waals surface area contributed by atoms with Crippen molar-refractivity contribution in [1.29, 1.82) is 0 Å². The molecule has 0 N–H and O–H groups in total. The molecule has 0 amide bonds. The smallest absolute Gasteiger partial charge is 0.0928 e. The molecular formula is C11H20O2. The molecule has 2 nitrogen and oxygen atoms in total. The number of methoxy groups -OCH3 is 2. The molecule has 0 spiro atoms. The van der Waals surface area contributed by atoms with E-state index >= 15 is 0 Å². The van der Waals surface area contributed by atoms with Crippen LogP contribution in [0.1, 0.15) is 27.2 Å². The van der Waals surface area contributed by atoms with Gasteiger partial charge in [-0.05, 0) is 31.9 Å². The highest BCUT2D eigenvalue weighted by molar-refractivity contribution is 5.24. The zero-order valence-electron chi connectivity index (χ0n) is 9.26. The van der Waals surface area contributed by atoms with Crippen LogP contribution in [0.2, 0.25) is 0 Å². The van der Waals surface area contributed by atoms with Gasteiger partial charge in [0.2, 0.25) is 0 Å². The molecule has 1 unspecified atom stereocenters. The summed E-state index contributed by atoms with van der Waals surface area (Å²) >= 11 is 0. The van der Waals surface area contributed by atoms with Crippen molar-refractivity contribution in [1.82, 2.24) is 0 Å². The lowest BCUT2D eigenvalue weighted by atomic mass is 10.1. The predicted molar refractivity (Wildman–Crippen MR) is 55.6 cm³/mol. The third-order valence-corrected chi connectivity index (χ3v) is 1.95. The van der Waals surface area contributed by atoms with Gasteiger partial charge in [0.25, 0.3) is 0 Å². The Balaban J connectivity index is 4.53. The molecule has 0 rings (SSSR count). The predicted octanol–water partition coefficient (Wildman–Crippen LogP) is 2.91. The highest BCUT2D eigenvalue weighted by atomic mass is 16.5. The quantitative estimate of drug-likeness (QED) is 0.483. The second-order valence-electron chi connectivity index (χ2n) is 2.95. The summed E-state index contributed by atoms with van der Waals surface area (Å²) < 4.78 is 10.3. The SMILES string of the molecule is CC/C=C(\C=C(/C)OC)C(C)OC. The van der Waals surface area contributed by atoms with Crippen LogP contribution < -0.4 is 0 Å². The Labute approximate surface area is 81.2 Å². The summed E-state index contributed by atoms with van der Waals surface area (Å²) in [4.78, 5) is 0. The van der Waals surface area contributed by atoms with Crippen LogP contribution in [0.5, 0.6) is 0 Å². The first-order valence-corrected chi connectivity index (χ1v) is 4.60. The summed E-state index contributed by atoms with van der Waals surface area (Å²) in [7, 11) is 3.39. The number of allylic oxidation sites excluding steroid dienone is 2. The maximum absolute atomic E-state index is 5.24. The number of hydrogen-bond acceptors (Lipinski definition) is 2. The highest BCUT2D eigenvalue weighted by Gasteiger charge is 2.04. The molecule has 0 aliphatic heterocycles. The standard InChI is InChI=1S/C11H20O2/c1-6-7-11(10(3)13-5)8-9(2)12-4/h7-8,10H,6H2,1-5H3/b9-8+,11-7+. The van der Waals surface area contributed by atoms with Gasteiger partial charge in [-0.15, -0.1) is 0 Å². The molecule has 0 aromatic heterocycles. The molecule has 0 bridgehead atoms. The van der Waals surface area contributed by atoms with E-state index in [9.17, 15) is 0 Å². The number of ether oxygens (including phenoxy) is 2. The van der Waals surface area contributed by atoms with Crippen molar-refractivity contribution in [2.75, 3.05) is 14.2 Å². The molecule has 1 atom stereocenters. The van der Waals surface area contributed by atoms with E-state index < -0.39 is 0 Å². The van der Waals surface area contributed by atoms with Crippen molar-refractivity contribution in [3.63, 3.8) is 0 Å². The van der Waals surface area contributed by atoms with Crippen molar-refractivity contribution in [2.45, 2.75) is 33.3 Å². The number of hydrogen-bond donors (Lipinski definition) is 0. The molecular weight excluding hydrogens is 164 g/mol. The van der Waals surface area contributed by atoms with Crippen molar-refractivity contribution in [2.24, 2.45) is 0 Å². The maximum atomic E-state index is 5.24. The van der Waals surface area contributed by atoms with Gasteiger partial charge >= 0.3 is 0 Å². The van der Waals surface area contributed by atoms with Crippen LogP contribution in [0.15, 0.2) is 23.5 Å². The molecule has 0 saturated carbocycles. The largest absolute Gasteiger partial charge is 0.501 e. The Bertz CT molecular complexity index is 192. The van der Waals surface area contributed by atoms with E-state index in [1.54, 1.807) is 14.2 Å². The van der Waals surface area contributed by atoms with E-state index in [2.05, 4.69) is 13.0 Å². The van der Waals surface area contributed by atoms with Crippen LogP contribution in [-0.4, -0.2) is 20.3 Å². The fourth-order valence-corrected chi connectivity index (χ4v) is 1.01. The van der Waals surface area contributed by atoms with Crippen LogP contribution in [0.4, 0.5) is 0 Å². The summed E-state index contributed by atoms with van der Waals surface area (Å²) in [6.45, 7) is 6.07. The van der Waals surface area contributed by atoms with Crippen molar-refractivity contribution in [3.05, 3.63) is 23.5 Å². The normalized spacial score (nSPS) is 15.8. The molecule has 0 aromatic carbocycles. The number of rotatable bonds is 5. The van der Waals surface area contributed by atoms with Gasteiger partial charge in [0.05, 0.1) is 19.0 Å². The summed E-state index contributed by atoms with van der Waals surface area (Å²) in [5, 5.41) is 0. The molecule has 0 fully saturated rings. The first-order valence-electron chi connectivity index (χ1n) is 4.60. The Hall–Kier alpha value is -0.760. The Kier molecular flexibility index (Phi) is 6.33. The van der Waals surface area contributed by atoms with Crippen molar-refractivity contribution in [3.8, 4) is 0 Å². The van der Waals surface area contributed by atoms with Gasteiger partial charge in [0.15, 0.2) is 0 Å². The van der Waals surface area contributed by atoms with E-state index in [1.165, 1.54) is 5.57 Å². The van der Waals surface area contributed by atoms with Gasteiger partial charge in [-0.2, -0.15) is 0 Å². The van der Waals surface area contributed by atoms with E-state index in [4.69, 9.17) is 9.47 Å². The second-order valence-corrected chi connectivity index (χ2v) is 2.95. The van der Waals surface area contributed by atoms with Gasteiger partial charge in [0, 0.05) is 7.11 Å². The van der Waals surface area contributed by atoms with Gasteiger partial charge < -0.3 is 9.47 Å². The summed E-state index contributed by atoms with van der Waals surface area (Å²) in [6, 6.07) is 0. The third kappa shape index (κ3) is 4.73. The first kappa shape index (κ1) is 12.2. The van der Waals surface area contributed by atoms with Crippen LogP contribution in [0.3, 0.4) is 0 Å². The minimum Gasteiger partial charge on any atom is -0.501 e. The summed E-state index contributed by atoms with van der Waals surface area (Å²) in [6.07, 6.45) is 5.30. The Morgan fingerprint density at radius 2 is 2.00 bits per heavy atom. The van der Waals surface area contributed by atoms with Crippen molar-refractivity contribution < 1.29 is 9.47 Å². The molecule has 0 saturated heterocycles. The molecule has 0 aliphatic carbocycles. The fraction of sp³-hybridized carbons (Fsp3) is 0.636. The second kappa shape index (κ2) is 6.72. The van der Waals surface area contributed by atoms with E-state index in [1.807, 2.05) is 19.9 Å². The lowest BCUT2D eigenvalue weighted by Crippen LogP contribution is -2.07. The lowest BCUT2D eigenvalue weighted by molar-refractivity contribution is 0.148. The molecule has 76 valence electrons. The van der Waals surface area contributed by atoms with Gasteiger partial charge in [-0.1, -0.05) is 13.0 Å². The van der Waals surface area contributed by atoms with E-state index in [0.717, 1.165) is 12.2 Å². The molecule has 13 heavy (non-hydrogen) atoms. The zero-order valence-corrected chi connectivity index (χ0v) is 9.26. The monoisotopic (exact) mass is 184 g/mol. The maximum Gasteiger partial charge on any atom is 0.0928 e. The van der Waals surface area contributed by atoms with Gasteiger partial charge in [0.1, 0.15) is 0 Å². The lowest BCUT2D eigenvalue weighted by Gasteiger charge is -2.11. The average molecular weight is 184 g/mol. The van der Waals surface area contributed by atoms with Crippen molar-refractivity contribution >= 4 is 0 Å². The topological polar surface area (TPSA) is 18.5 Å².